The molecule has 0 fully saturated rings. The average Bonchev–Trinajstić information content (AvgIpc) is 2.55. The number of hydrazone groups is 1. The first-order valence-corrected chi connectivity index (χ1v) is 6.93. The molecule has 0 saturated heterocycles. The number of benzene rings is 2. The highest BCUT2D eigenvalue weighted by Gasteiger charge is 2.04. The molecule has 22 heavy (non-hydrogen) atoms. The summed E-state index contributed by atoms with van der Waals surface area (Å²) in [4.78, 5) is 12.0. The van der Waals surface area contributed by atoms with Gasteiger partial charge in [-0.05, 0) is 42.3 Å². The monoisotopic (exact) mass is 294 g/mol. The van der Waals surface area contributed by atoms with Crippen LogP contribution in [0.3, 0.4) is 0 Å². The van der Waals surface area contributed by atoms with Crippen molar-refractivity contribution in [1.29, 1.82) is 0 Å². The van der Waals surface area contributed by atoms with Crippen molar-refractivity contribution in [1.82, 2.24) is 5.43 Å². The van der Waals surface area contributed by atoms with E-state index < -0.39 is 0 Å². The number of carbonyl (C=O) groups is 1. The summed E-state index contributed by atoms with van der Waals surface area (Å²) in [6, 6.07) is 14.7. The van der Waals surface area contributed by atoms with E-state index in [4.69, 9.17) is 4.74 Å². The number of ether oxygens (including phenoxy) is 1. The van der Waals surface area contributed by atoms with Crippen molar-refractivity contribution in [2.75, 3.05) is 6.61 Å². The number of nitrogens with zero attached hydrogens (tertiary/aromatic N) is 1. The van der Waals surface area contributed by atoms with E-state index in [9.17, 15) is 4.79 Å². The van der Waals surface area contributed by atoms with Crippen LogP contribution in [-0.2, 0) is 0 Å². The van der Waals surface area contributed by atoms with Gasteiger partial charge in [0, 0.05) is 5.56 Å². The van der Waals surface area contributed by atoms with E-state index in [1.807, 2.05) is 31.2 Å². The highest BCUT2D eigenvalue weighted by atomic mass is 16.5. The van der Waals surface area contributed by atoms with Gasteiger partial charge in [-0.2, -0.15) is 5.10 Å². The smallest absolute Gasteiger partial charge is 0.271 e. The van der Waals surface area contributed by atoms with Crippen LogP contribution in [0, 0.1) is 6.92 Å². The first-order chi connectivity index (χ1) is 10.7. The van der Waals surface area contributed by atoms with Gasteiger partial charge in [-0.3, -0.25) is 4.79 Å². The molecule has 112 valence electrons. The number of nitrogens with one attached hydrogen (secondary N) is 1. The Bertz CT molecular complexity index is 676. The zero-order valence-corrected chi connectivity index (χ0v) is 12.5. The molecule has 0 aliphatic carbocycles. The summed E-state index contributed by atoms with van der Waals surface area (Å²) < 4.78 is 5.36. The van der Waals surface area contributed by atoms with Crippen molar-refractivity contribution < 1.29 is 9.53 Å². The van der Waals surface area contributed by atoms with Crippen molar-refractivity contribution in [3.63, 3.8) is 0 Å². The second-order valence-electron chi connectivity index (χ2n) is 4.68. The third-order valence-corrected chi connectivity index (χ3v) is 3.04. The molecule has 4 nitrogen and oxygen atoms in total. The molecule has 2 aromatic rings. The predicted molar refractivity (Wildman–Crippen MR) is 88.4 cm³/mol. The lowest BCUT2D eigenvalue weighted by molar-refractivity contribution is 0.0955. The molecule has 0 spiro atoms. The Labute approximate surface area is 130 Å². The molecule has 0 saturated carbocycles. The van der Waals surface area contributed by atoms with Gasteiger partial charge in [-0.25, -0.2) is 5.43 Å². The summed E-state index contributed by atoms with van der Waals surface area (Å²) in [6.07, 6.45) is 3.30. The highest BCUT2D eigenvalue weighted by Crippen LogP contribution is 2.12. The van der Waals surface area contributed by atoms with Crippen LogP contribution in [0.5, 0.6) is 5.75 Å². The van der Waals surface area contributed by atoms with Crippen molar-refractivity contribution in [3.8, 4) is 5.75 Å². The Kier molecular flexibility index (Phi) is 5.49. The van der Waals surface area contributed by atoms with E-state index in [0.717, 1.165) is 11.1 Å². The molecule has 2 aromatic carbocycles. The molecule has 0 aromatic heterocycles. The fourth-order valence-electron chi connectivity index (χ4n) is 1.81. The maximum atomic E-state index is 12.0. The van der Waals surface area contributed by atoms with Crippen molar-refractivity contribution >= 4 is 12.1 Å². The zero-order valence-electron chi connectivity index (χ0n) is 12.5. The van der Waals surface area contributed by atoms with Crippen LogP contribution in [0.25, 0.3) is 0 Å². The summed E-state index contributed by atoms with van der Waals surface area (Å²) in [6.45, 7) is 6.01. The van der Waals surface area contributed by atoms with Gasteiger partial charge >= 0.3 is 0 Å². The van der Waals surface area contributed by atoms with Crippen molar-refractivity contribution in [3.05, 3.63) is 77.9 Å². The van der Waals surface area contributed by atoms with Crippen LogP contribution in [0.4, 0.5) is 0 Å². The first kappa shape index (κ1) is 15.5. The minimum atomic E-state index is -0.264. The normalized spacial score (nSPS) is 10.4. The molecule has 1 N–H and O–H groups in total. The van der Waals surface area contributed by atoms with E-state index >= 15 is 0 Å². The van der Waals surface area contributed by atoms with Crippen LogP contribution >= 0.6 is 0 Å². The van der Waals surface area contributed by atoms with E-state index in [-0.39, 0.29) is 5.91 Å². The SMILES string of the molecule is C=CCOc1ccc(C(=O)NN=Cc2ccccc2C)cc1. The Morgan fingerprint density at radius 1 is 1.23 bits per heavy atom. The minimum Gasteiger partial charge on any atom is -0.490 e. The second-order valence-corrected chi connectivity index (χ2v) is 4.68. The first-order valence-electron chi connectivity index (χ1n) is 6.93. The van der Waals surface area contributed by atoms with E-state index in [1.54, 1.807) is 36.6 Å². The van der Waals surface area contributed by atoms with Gasteiger partial charge < -0.3 is 4.74 Å². The fourth-order valence-corrected chi connectivity index (χ4v) is 1.81. The van der Waals surface area contributed by atoms with Crippen LogP contribution in [0.15, 0.2) is 66.3 Å². The second kappa shape index (κ2) is 7.78. The molecular formula is C18H18N2O2. The molecule has 0 radical (unpaired) electrons. The minimum absolute atomic E-state index is 0.264. The Morgan fingerprint density at radius 2 is 1.95 bits per heavy atom. The van der Waals surface area contributed by atoms with Gasteiger partial charge in [0.25, 0.3) is 5.91 Å². The van der Waals surface area contributed by atoms with E-state index in [0.29, 0.717) is 17.9 Å². The van der Waals surface area contributed by atoms with Crippen LogP contribution < -0.4 is 10.2 Å². The molecule has 0 atom stereocenters. The largest absolute Gasteiger partial charge is 0.490 e. The van der Waals surface area contributed by atoms with Crippen molar-refractivity contribution in [2.45, 2.75) is 6.92 Å². The standard InChI is InChI=1S/C18H18N2O2/c1-3-12-22-17-10-8-15(9-11-17)18(21)20-19-13-16-7-5-4-6-14(16)2/h3-11,13H,1,12H2,2H3,(H,20,21). The fraction of sp³-hybridized carbons (Fsp3) is 0.111. The lowest BCUT2D eigenvalue weighted by atomic mass is 10.1. The molecule has 0 aliphatic heterocycles. The van der Waals surface area contributed by atoms with E-state index in [2.05, 4.69) is 17.1 Å². The Hall–Kier alpha value is -2.88. The number of hydrogen-bond donors (Lipinski definition) is 1. The molecule has 2 rings (SSSR count). The molecule has 0 heterocycles. The zero-order chi connectivity index (χ0) is 15.8. The highest BCUT2D eigenvalue weighted by molar-refractivity contribution is 5.95. The maximum absolute atomic E-state index is 12.0. The number of rotatable bonds is 6. The van der Waals surface area contributed by atoms with Crippen LogP contribution in [0.1, 0.15) is 21.5 Å². The number of amides is 1. The molecule has 0 aliphatic rings. The summed E-state index contributed by atoms with van der Waals surface area (Å²) >= 11 is 0. The number of aryl methyl sites for hydroxylation is 1. The molecule has 1 amide bonds. The maximum Gasteiger partial charge on any atom is 0.271 e. The Morgan fingerprint density at radius 3 is 2.64 bits per heavy atom. The number of hydrogen-bond acceptors (Lipinski definition) is 3. The quantitative estimate of drug-likeness (QED) is 0.505. The van der Waals surface area contributed by atoms with Crippen LogP contribution in [0.2, 0.25) is 0 Å². The number of carbonyl (C=O) groups excluding carboxylic acids is 1. The van der Waals surface area contributed by atoms with E-state index in [1.165, 1.54) is 0 Å². The average molecular weight is 294 g/mol. The summed E-state index contributed by atoms with van der Waals surface area (Å²) in [5.74, 6) is 0.431. The van der Waals surface area contributed by atoms with Gasteiger partial charge in [0.05, 0.1) is 6.21 Å². The summed E-state index contributed by atoms with van der Waals surface area (Å²) in [7, 11) is 0. The Balaban J connectivity index is 1.94. The molecule has 0 unspecified atom stereocenters. The lowest BCUT2D eigenvalue weighted by Gasteiger charge is -2.04. The van der Waals surface area contributed by atoms with Gasteiger partial charge in [0.2, 0.25) is 0 Å². The summed E-state index contributed by atoms with van der Waals surface area (Å²) in [5, 5.41) is 3.98. The van der Waals surface area contributed by atoms with Gasteiger partial charge in [0.1, 0.15) is 12.4 Å². The third-order valence-electron chi connectivity index (χ3n) is 3.04. The van der Waals surface area contributed by atoms with Crippen LogP contribution in [-0.4, -0.2) is 18.7 Å². The molecule has 4 heteroatoms. The van der Waals surface area contributed by atoms with Gasteiger partial charge in [0.15, 0.2) is 0 Å². The van der Waals surface area contributed by atoms with Crippen molar-refractivity contribution in [2.24, 2.45) is 5.10 Å². The molecule has 0 bridgehead atoms. The molecular weight excluding hydrogens is 276 g/mol. The third kappa shape index (κ3) is 4.31. The summed E-state index contributed by atoms with van der Waals surface area (Å²) in [5.41, 5.74) is 5.10. The lowest BCUT2D eigenvalue weighted by Crippen LogP contribution is -2.17. The van der Waals surface area contributed by atoms with Gasteiger partial charge in [-0.15, -0.1) is 0 Å². The van der Waals surface area contributed by atoms with Gasteiger partial charge in [-0.1, -0.05) is 36.9 Å². The topological polar surface area (TPSA) is 50.7 Å². The predicted octanol–water partition coefficient (Wildman–Crippen LogP) is 3.32.